The van der Waals surface area contributed by atoms with Crippen molar-refractivity contribution in [1.82, 2.24) is 20.3 Å². The van der Waals surface area contributed by atoms with Gasteiger partial charge in [-0.2, -0.15) is 13.2 Å². The minimum absolute atomic E-state index is 0.0171. The van der Waals surface area contributed by atoms with Gasteiger partial charge in [-0.15, -0.1) is 0 Å². The van der Waals surface area contributed by atoms with Crippen LogP contribution in [0.25, 0.3) is 0 Å². The van der Waals surface area contributed by atoms with Gasteiger partial charge in [0.2, 0.25) is 27.4 Å². The summed E-state index contributed by atoms with van der Waals surface area (Å²) in [6.45, 7) is 2.93. The highest BCUT2D eigenvalue weighted by atomic mass is 32.2. The van der Waals surface area contributed by atoms with Gasteiger partial charge in [-0.1, -0.05) is 32.1 Å². The van der Waals surface area contributed by atoms with E-state index in [4.69, 9.17) is 4.74 Å². The van der Waals surface area contributed by atoms with Crippen LogP contribution in [-0.4, -0.2) is 95.6 Å². The minimum atomic E-state index is -4.98. The lowest BCUT2D eigenvalue weighted by Gasteiger charge is -2.34. The second-order valence-electron chi connectivity index (χ2n) is 15.8. The van der Waals surface area contributed by atoms with Crippen LogP contribution >= 0.6 is 0 Å². The molecule has 55 heavy (non-hydrogen) atoms. The van der Waals surface area contributed by atoms with E-state index in [0.29, 0.717) is 26.7 Å². The number of sulfonamides is 1. The molecule has 7 atom stereocenters. The maximum absolute atomic E-state index is 15.4. The molecule has 13 nitrogen and oxygen atoms in total. The van der Waals surface area contributed by atoms with Crippen LogP contribution in [0.1, 0.15) is 94.5 Å². The Labute approximate surface area is 314 Å². The van der Waals surface area contributed by atoms with Crippen LogP contribution in [0, 0.1) is 23.6 Å². The molecule has 0 unspecified atom stereocenters. The number of hydrogen-bond acceptors (Lipinski definition) is 8. The summed E-state index contributed by atoms with van der Waals surface area (Å²) in [6, 6.07) is 0.122. The van der Waals surface area contributed by atoms with Crippen LogP contribution in [0.15, 0.2) is 30.4 Å². The quantitative estimate of drug-likeness (QED) is 0.217. The minimum Gasteiger partial charge on any atom is -0.478 e. The third-order valence-corrected chi connectivity index (χ3v) is 13.4. The number of carboxylic acids is 1. The number of nitrogens with zero attached hydrogens (tertiary/aromatic N) is 1. The van der Waals surface area contributed by atoms with E-state index in [1.165, 1.54) is 0 Å². The summed E-state index contributed by atoms with van der Waals surface area (Å²) < 4.78 is 101. The lowest BCUT2D eigenvalue weighted by atomic mass is 9.88. The zero-order chi connectivity index (χ0) is 40.9. The van der Waals surface area contributed by atoms with E-state index in [9.17, 15) is 55.1 Å². The van der Waals surface area contributed by atoms with E-state index in [2.05, 4.69) is 10.6 Å². The van der Waals surface area contributed by atoms with Gasteiger partial charge in [-0.3, -0.25) is 19.1 Å². The first-order valence-corrected chi connectivity index (χ1v) is 19.5. The Morgan fingerprint density at radius 3 is 2.38 bits per heavy atom. The largest absolute Gasteiger partial charge is 0.478 e. The highest BCUT2D eigenvalue weighted by Crippen LogP contribution is 2.48. The molecule has 3 fully saturated rings. The molecule has 0 bridgehead atoms. The van der Waals surface area contributed by atoms with E-state index >= 15 is 4.39 Å². The number of fused-ring (bicyclic) bond motifs is 2. The number of nitrogens with one attached hydrogen (secondary N) is 3. The first kappa shape index (κ1) is 41.9. The molecule has 4 N–H and O–H groups in total. The van der Waals surface area contributed by atoms with Crippen LogP contribution in [0.2, 0.25) is 0 Å². The second-order valence-corrected chi connectivity index (χ2v) is 17.9. The standard InChI is InChI=1S/C36H45F5N4O9S/c1-19-8-5-6-9-22-16-35(22,31(50)44-55(52,53)34(18-37)12-13-34)43-28(46)25-15-21(26-23(30(48)49)10-7-11-24(26)38)17-45(25)29(47)27(20(2)14-19)42-32(51)54-33(3,4)36(39,40)41/h6-7,9-11,19-22,25,27H,5,8,12-18H2,1-4H3,(H,42,51)(H,43,46)(H,44,50)(H,48,49)/b9-6-/t19-,20-,21+,22-,25+,27+,35-/m1/s1. The fourth-order valence-corrected chi connectivity index (χ4v) is 8.92. The predicted molar refractivity (Wildman–Crippen MR) is 185 cm³/mol. The molecular weight excluding hydrogens is 759 g/mol. The fraction of sp³-hybridized carbons (Fsp3) is 0.639. The lowest BCUT2D eigenvalue weighted by molar-refractivity contribution is -0.244. The predicted octanol–water partition coefficient (Wildman–Crippen LogP) is 4.48. The Balaban J connectivity index is 1.55. The number of aromatic carboxylic acids is 1. The van der Waals surface area contributed by atoms with Gasteiger partial charge < -0.3 is 25.4 Å². The summed E-state index contributed by atoms with van der Waals surface area (Å²) >= 11 is 0. The van der Waals surface area contributed by atoms with Gasteiger partial charge in [0.1, 0.15) is 34.9 Å². The van der Waals surface area contributed by atoms with Crippen LogP contribution in [0.5, 0.6) is 0 Å². The zero-order valence-electron chi connectivity index (χ0n) is 30.7. The van der Waals surface area contributed by atoms with Gasteiger partial charge in [0.05, 0.1) is 5.56 Å². The van der Waals surface area contributed by atoms with Crippen molar-refractivity contribution in [2.24, 2.45) is 17.8 Å². The van der Waals surface area contributed by atoms with Crippen molar-refractivity contribution in [1.29, 1.82) is 0 Å². The van der Waals surface area contributed by atoms with Crippen LogP contribution in [0.3, 0.4) is 0 Å². The van der Waals surface area contributed by atoms with E-state index in [-0.39, 0.29) is 37.2 Å². The summed E-state index contributed by atoms with van der Waals surface area (Å²) in [7, 11) is -4.52. The molecule has 5 rings (SSSR count). The summed E-state index contributed by atoms with van der Waals surface area (Å²) in [5.74, 6) is -8.35. The van der Waals surface area contributed by atoms with E-state index in [1.54, 1.807) is 19.1 Å². The highest BCUT2D eigenvalue weighted by molar-refractivity contribution is 7.91. The number of rotatable bonds is 8. The highest BCUT2D eigenvalue weighted by Gasteiger charge is 2.64. The van der Waals surface area contributed by atoms with E-state index in [1.807, 2.05) is 11.6 Å². The molecule has 2 aliphatic carbocycles. The molecule has 2 saturated carbocycles. The Morgan fingerprint density at radius 1 is 1.11 bits per heavy atom. The summed E-state index contributed by atoms with van der Waals surface area (Å²) in [5.41, 5.74) is -5.62. The SMILES string of the molecule is C[C@@H]1CC/C=C\[C@@H]2C[C@@]2(C(=O)NS(=O)(=O)C2(CF)CC2)NC(=O)[C@@H]2C[C@H](c3c(F)cccc3C(=O)O)CN2C(=O)[C@@H](NC(=O)OC(C)(C)C(F)(F)F)[C@H](C)C1. The average molecular weight is 805 g/mol. The monoisotopic (exact) mass is 804 g/mol. The first-order chi connectivity index (χ1) is 25.5. The van der Waals surface area contributed by atoms with Crippen molar-refractivity contribution >= 4 is 39.8 Å². The van der Waals surface area contributed by atoms with Gasteiger partial charge >= 0.3 is 18.2 Å². The number of benzene rings is 1. The fourth-order valence-electron chi connectivity index (χ4n) is 7.50. The van der Waals surface area contributed by atoms with Crippen molar-refractivity contribution in [3.63, 3.8) is 0 Å². The summed E-state index contributed by atoms with van der Waals surface area (Å²) in [5, 5.41) is 14.7. The normalized spacial score (nSPS) is 30.4. The molecule has 19 heteroatoms. The van der Waals surface area contributed by atoms with Crippen molar-refractivity contribution in [3.8, 4) is 0 Å². The molecule has 2 heterocycles. The van der Waals surface area contributed by atoms with Crippen LogP contribution < -0.4 is 15.4 Å². The van der Waals surface area contributed by atoms with E-state index < -0.39 is 123 Å². The number of hydrogen-bond donors (Lipinski definition) is 4. The molecule has 0 aromatic heterocycles. The molecule has 1 aromatic rings. The molecule has 1 aromatic carbocycles. The van der Waals surface area contributed by atoms with Gasteiger partial charge in [0.15, 0.2) is 0 Å². The number of halogens is 5. The Kier molecular flexibility index (Phi) is 11.4. The van der Waals surface area contributed by atoms with Gasteiger partial charge in [-0.05, 0) is 82.8 Å². The van der Waals surface area contributed by atoms with Crippen molar-refractivity contribution in [2.45, 2.75) is 113 Å². The van der Waals surface area contributed by atoms with Crippen LogP contribution in [0.4, 0.5) is 26.7 Å². The second kappa shape index (κ2) is 15.0. The van der Waals surface area contributed by atoms with Gasteiger partial charge in [0, 0.05) is 23.9 Å². The number of amides is 4. The number of carbonyl (C=O) groups excluding carboxylic acids is 4. The number of carboxylic acid groups (broad SMARTS) is 1. The molecular formula is C36H45F5N4O9S. The van der Waals surface area contributed by atoms with Crippen molar-refractivity contribution in [3.05, 3.63) is 47.3 Å². The molecule has 2 aliphatic heterocycles. The molecule has 1 saturated heterocycles. The zero-order valence-corrected chi connectivity index (χ0v) is 31.5. The number of alkyl halides is 4. The number of alkyl carbamates (subject to hydrolysis) is 1. The lowest BCUT2D eigenvalue weighted by Crippen LogP contribution is -2.60. The Bertz CT molecular complexity index is 1870. The molecule has 0 spiro atoms. The number of ether oxygens (including phenoxy) is 1. The Morgan fingerprint density at radius 2 is 1.78 bits per heavy atom. The summed E-state index contributed by atoms with van der Waals surface area (Å²) in [4.78, 5) is 68.8. The van der Waals surface area contributed by atoms with Crippen molar-refractivity contribution in [2.75, 3.05) is 13.2 Å². The number of allylic oxidation sites excluding steroid dienone is 1. The third kappa shape index (κ3) is 8.31. The Hall–Kier alpha value is -4.29. The maximum Gasteiger partial charge on any atom is 0.427 e. The first-order valence-electron chi connectivity index (χ1n) is 18.0. The average Bonchev–Trinajstić information content (AvgIpc) is 3.98. The number of carbonyl (C=O) groups is 5. The topological polar surface area (TPSA) is 188 Å². The van der Waals surface area contributed by atoms with Crippen LogP contribution in [-0.2, 0) is 29.1 Å². The smallest absolute Gasteiger partial charge is 0.427 e. The summed E-state index contributed by atoms with van der Waals surface area (Å²) in [6.07, 6.45) is -2.48. The molecule has 304 valence electrons. The maximum atomic E-state index is 15.4. The molecule has 4 amide bonds. The molecule has 0 radical (unpaired) electrons. The molecule has 4 aliphatic rings. The van der Waals surface area contributed by atoms with Gasteiger partial charge in [-0.25, -0.2) is 26.8 Å². The third-order valence-electron chi connectivity index (χ3n) is 11.3. The van der Waals surface area contributed by atoms with Gasteiger partial charge in [0.25, 0.3) is 5.91 Å². The van der Waals surface area contributed by atoms with Crippen molar-refractivity contribution < 1.29 is 64.2 Å². The van der Waals surface area contributed by atoms with E-state index in [0.717, 1.165) is 23.1 Å².